The number of carbonyl (C=O) groups excluding carboxylic acids is 2. The number of sulfonamides is 1. The molecule has 0 radical (unpaired) electrons. The van der Waals surface area contributed by atoms with Gasteiger partial charge in [0.1, 0.15) is 5.75 Å². The Balaban J connectivity index is 1.66. The lowest BCUT2D eigenvalue weighted by Crippen LogP contribution is -2.48. The molecule has 0 bridgehead atoms. The van der Waals surface area contributed by atoms with Crippen molar-refractivity contribution in [2.45, 2.75) is 37.9 Å². The van der Waals surface area contributed by atoms with Crippen LogP contribution in [0.4, 0.5) is 0 Å². The fraction of sp³-hybridized carbons (Fsp3) is 0.391. The second kappa shape index (κ2) is 10.2. The molecular weight excluding hydrogens is 434 g/mol. The standard InChI is InChI=1S/C23H27NO7S/c1-4-29-20-10-8-18(9-11-20)22(25)15-30-23(26)19-6-5-7-21(12-19)32(27,28)24-13-16(2)31-17(3)14-24/h5-12,16-17H,4,13-15H2,1-3H3. The highest BCUT2D eigenvalue weighted by molar-refractivity contribution is 7.89. The van der Waals surface area contributed by atoms with Crippen molar-refractivity contribution < 1.29 is 32.2 Å². The SMILES string of the molecule is CCOc1ccc(C(=O)COC(=O)c2cccc(S(=O)(=O)N3CC(C)OC(C)C3)c2)cc1. The van der Waals surface area contributed by atoms with Crippen molar-refractivity contribution in [2.75, 3.05) is 26.3 Å². The summed E-state index contributed by atoms with van der Waals surface area (Å²) >= 11 is 0. The second-order valence-corrected chi connectivity index (χ2v) is 9.50. The third-order valence-corrected chi connectivity index (χ3v) is 6.74. The van der Waals surface area contributed by atoms with Crippen LogP contribution in [0, 0.1) is 0 Å². The van der Waals surface area contributed by atoms with Gasteiger partial charge in [-0.05, 0) is 63.2 Å². The normalized spacial score (nSPS) is 19.3. The molecule has 0 amide bonds. The minimum absolute atomic E-state index is 0.00825. The number of ketones is 1. The molecule has 0 aliphatic carbocycles. The highest BCUT2D eigenvalue weighted by Gasteiger charge is 2.32. The van der Waals surface area contributed by atoms with E-state index in [0.717, 1.165) is 0 Å². The fourth-order valence-corrected chi connectivity index (χ4v) is 5.10. The Morgan fingerprint density at radius 2 is 1.69 bits per heavy atom. The molecule has 1 saturated heterocycles. The Morgan fingerprint density at radius 1 is 1.03 bits per heavy atom. The summed E-state index contributed by atoms with van der Waals surface area (Å²) in [6, 6.07) is 12.2. The van der Waals surface area contributed by atoms with Gasteiger partial charge >= 0.3 is 5.97 Å². The van der Waals surface area contributed by atoms with Crippen molar-refractivity contribution in [2.24, 2.45) is 0 Å². The van der Waals surface area contributed by atoms with Gasteiger partial charge in [0.2, 0.25) is 10.0 Å². The average molecular weight is 462 g/mol. The summed E-state index contributed by atoms with van der Waals surface area (Å²) in [6.07, 6.45) is -0.453. The molecule has 1 fully saturated rings. The number of rotatable bonds is 8. The monoisotopic (exact) mass is 461 g/mol. The Labute approximate surface area is 188 Å². The van der Waals surface area contributed by atoms with Crippen molar-refractivity contribution in [1.82, 2.24) is 4.31 Å². The minimum Gasteiger partial charge on any atom is -0.494 e. The van der Waals surface area contributed by atoms with Gasteiger partial charge in [0, 0.05) is 18.7 Å². The minimum atomic E-state index is -3.80. The molecule has 2 unspecified atom stereocenters. The highest BCUT2D eigenvalue weighted by Crippen LogP contribution is 2.22. The fourth-order valence-electron chi connectivity index (χ4n) is 3.46. The number of hydrogen-bond donors (Lipinski definition) is 0. The van der Waals surface area contributed by atoms with E-state index >= 15 is 0 Å². The quantitative estimate of drug-likeness (QED) is 0.440. The summed E-state index contributed by atoms with van der Waals surface area (Å²) in [6.45, 7) is 6.02. The summed E-state index contributed by atoms with van der Waals surface area (Å²) in [5, 5.41) is 0. The molecule has 2 aromatic carbocycles. The highest BCUT2D eigenvalue weighted by atomic mass is 32.2. The Morgan fingerprint density at radius 3 is 2.31 bits per heavy atom. The van der Waals surface area contributed by atoms with E-state index in [2.05, 4.69) is 0 Å². The second-order valence-electron chi connectivity index (χ2n) is 7.56. The summed E-state index contributed by atoms with van der Waals surface area (Å²) in [4.78, 5) is 24.8. The first-order chi connectivity index (χ1) is 15.2. The molecule has 0 saturated carbocycles. The maximum Gasteiger partial charge on any atom is 0.338 e. The summed E-state index contributed by atoms with van der Waals surface area (Å²) in [5.41, 5.74) is 0.438. The van der Waals surface area contributed by atoms with Crippen LogP contribution in [0.1, 0.15) is 41.5 Å². The van der Waals surface area contributed by atoms with Crippen LogP contribution in [-0.2, 0) is 19.5 Å². The predicted octanol–water partition coefficient (Wildman–Crippen LogP) is 2.92. The topological polar surface area (TPSA) is 99.2 Å². The lowest BCUT2D eigenvalue weighted by molar-refractivity contribution is -0.0440. The average Bonchev–Trinajstić information content (AvgIpc) is 2.77. The molecule has 32 heavy (non-hydrogen) atoms. The zero-order chi connectivity index (χ0) is 23.3. The number of Topliss-reactive ketones (excluding diaryl/α,β-unsaturated/α-hetero) is 1. The van der Waals surface area contributed by atoms with Gasteiger partial charge in [0.05, 0.1) is 29.3 Å². The van der Waals surface area contributed by atoms with Crippen LogP contribution in [0.15, 0.2) is 53.4 Å². The van der Waals surface area contributed by atoms with Crippen LogP contribution in [0.25, 0.3) is 0 Å². The zero-order valence-electron chi connectivity index (χ0n) is 18.3. The molecule has 1 aliphatic rings. The van der Waals surface area contributed by atoms with Crippen LogP contribution in [0.5, 0.6) is 5.75 Å². The zero-order valence-corrected chi connectivity index (χ0v) is 19.1. The van der Waals surface area contributed by atoms with Crippen molar-refractivity contribution in [3.05, 3.63) is 59.7 Å². The van der Waals surface area contributed by atoms with Gasteiger partial charge in [-0.25, -0.2) is 13.2 Å². The molecule has 2 aromatic rings. The number of benzene rings is 2. The van der Waals surface area contributed by atoms with Gasteiger partial charge in [-0.2, -0.15) is 4.31 Å². The van der Waals surface area contributed by atoms with Gasteiger partial charge in [0.25, 0.3) is 0 Å². The molecule has 3 rings (SSSR count). The molecular formula is C23H27NO7S. The van der Waals surface area contributed by atoms with E-state index in [1.54, 1.807) is 24.3 Å². The van der Waals surface area contributed by atoms with Gasteiger partial charge in [-0.3, -0.25) is 4.79 Å². The lowest BCUT2D eigenvalue weighted by Gasteiger charge is -2.34. The molecule has 9 heteroatoms. The third kappa shape index (κ3) is 5.73. The molecule has 2 atom stereocenters. The van der Waals surface area contributed by atoms with Crippen LogP contribution >= 0.6 is 0 Å². The molecule has 1 heterocycles. The van der Waals surface area contributed by atoms with Gasteiger partial charge in [0.15, 0.2) is 12.4 Å². The lowest BCUT2D eigenvalue weighted by atomic mass is 10.1. The first kappa shape index (κ1) is 23.9. The number of ether oxygens (including phenoxy) is 3. The van der Waals surface area contributed by atoms with Crippen molar-refractivity contribution >= 4 is 21.8 Å². The Hall–Kier alpha value is -2.75. The van der Waals surface area contributed by atoms with E-state index in [-0.39, 0.29) is 41.5 Å². The number of esters is 1. The maximum atomic E-state index is 13.0. The van der Waals surface area contributed by atoms with Crippen molar-refractivity contribution in [3.8, 4) is 5.75 Å². The predicted molar refractivity (Wildman–Crippen MR) is 117 cm³/mol. The van der Waals surface area contributed by atoms with Gasteiger partial charge in [-0.1, -0.05) is 6.07 Å². The van der Waals surface area contributed by atoms with Crippen LogP contribution in [0.3, 0.4) is 0 Å². The molecule has 0 N–H and O–H groups in total. The molecule has 172 valence electrons. The number of nitrogens with zero attached hydrogens (tertiary/aromatic N) is 1. The summed E-state index contributed by atoms with van der Waals surface area (Å²) < 4.78 is 43.5. The number of carbonyl (C=O) groups is 2. The molecule has 1 aliphatic heterocycles. The summed E-state index contributed by atoms with van der Waals surface area (Å²) in [7, 11) is -3.80. The maximum absolute atomic E-state index is 13.0. The Kier molecular flexibility index (Phi) is 7.65. The van der Waals surface area contributed by atoms with E-state index in [9.17, 15) is 18.0 Å². The number of morpholine rings is 1. The molecule has 0 aromatic heterocycles. The smallest absolute Gasteiger partial charge is 0.338 e. The van der Waals surface area contributed by atoms with E-state index < -0.39 is 22.6 Å². The first-order valence-electron chi connectivity index (χ1n) is 10.4. The van der Waals surface area contributed by atoms with Crippen LogP contribution in [-0.4, -0.2) is 63.0 Å². The largest absolute Gasteiger partial charge is 0.494 e. The van der Waals surface area contributed by atoms with Crippen LogP contribution in [0.2, 0.25) is 0 Å². The van der Waals surface area contributed by atoms with E-state index in [1.165, 1.54) is 28.6 Å². The van der Waals surface area contributed by atoms with Gasteiger partial charge in [-0.15, -0.1) is 0 Å². The van der Waals surface area contributed by atoms with E-state index in [0.29, 0.717) is 17.9 Å². The van der Waals surface area contributed by atoms with Gasteiger partial charge < -0.3 is 14.2 Å². The Bertz CT molecular complexity index is 1060. The van der Waals surface area contributed by atoms with Crippen molar-refractivity contribution in [1.29, 1.82) is 0 Å². The van der Waals surface area contributed by atoms with E-state index in [4.69, 9.17) is 14.2 Å². The first-order valence-corrected chi connectivity index (χ1v) is 11.8. The van der Waals surface area contributed by atoms with E-state index in [1.807, 2.05) is 20.8 Å². The summed E-state index contributed by atoms with van der Waals surface area (Å²) in [5.74, 6) is -0.505. The molecule has 0 spiro atoms. The molecule has 8 nitrogen and oxygen atoms in total. The van der Waals surface area contributed by atoms with Crippen LogP contribution < -0.4 is 4.74 Å². The van der Waals surface area contributed by atoms with Crippen molar-refractivity contribution in [3.63, 3.8) is 0 Å². The third-order valence-electron chi connectivity index (χ3n) is 4.92. The number of hydrogen-bond acceptors (Lipinski definition) is 7.